The lowest BCUT2D eigenvalue weighted by atomic mass is 9.97. The highest BCUT2D eigenvalue weighted by atomic mass is 32.1. The SMILES string of the molecule is F[B-](F)(F)F.Oc1c(-c2ccccc2)cc([SH2+])cc1-c1ccccc1. The Bertz CT molecular complexity index is 757. The minimum Gasteiger partial charge on any atom is -0.507 e. The molecule has 25 heavy (non-hydrogen) atoms. The number of phenolic OH excluding ortho intramolecular Hbond substituents is 1. The summed E-state index contributed by atoms with van der Waals surface area (Å²) in [5.41, 5.74) is 3.67. The molecule has 0 atom stereocenters. The van der Waals surface area contributed by atoms with Crippen LogP contribution in [0.1, 0.15) is 0 Å². The van der Waals surface area contributed by atoms with E-state index in [0.717, 1.165) is 27.1 Å². The summed E-state index contributed by atoms with van der Waals surface area (Å²) in [6, 6.07) is 23.7. The van der Waals surface area contributed by atoms with E-state index in [2.05, 4.69) is 12.6 Å². The first-order valence-electron chi connectivity index (χ1n) is 7.32. The Hall–Kier alpha value is -2.41. The summed E-state index contributed by atoms with van der Waals surface area (Å²) in [5, 5.41) is 10.6. The predicted octanol–water partition coefficient (Wildman–Crippen LogP) is 5.40. The summed E-state index contributed by atoms with van der Waals surface area (Å²) in [6.45, 7) is 0. The number of hydrogen-bond acceptors (Lipinski definition) is 1. The van der Waals surface area contributed by atoms with Crippen molar-refractivity contribution in [3.8, 4) is 28.0 Å². The molecule has 0 bridgehead atoms. The smallest absolute Gasteiger partial charge is 0.507 e. The highest BCUT2D eigenvalue weighted by Crippen LogP contribution is 2.39. The fourth-order valence-corrected chi connectivity index (χ4v) is 2.60. The van der Waals surface area contributed by atoms with Gasteiger partial charge in [-0.05, 0) is 23.8 Å². The van der Waals surface area contributed by atoms with Crippen LogP contribution in [0.4, 0.5) is 17.3 Å². The second kappa shape index (κ2) is 8.12. The van der Waals surface area contributed by atoms with Gasteiger partial charge in [0.2, 0.25) is 0 Å². The van der Waals surface area contributed by atoms with Gasteiger partial charge in [0.1, 0.15) is 5.75 Å². The Balaban J connectivity index is 0.000000399. The molecule has 0 fully saturated rings. The zero-order valence-corrected chi connectivity index (χ0v) is 14.0. The van der Waals surface area contributed by atoms with Crippen molar-refractivity contribution >= 4 is 19.9 Å². The third-order valence-electron chi connectivity index (χ3n) is 3.28. The lowest BCUT2D eigenvalue weighted by Gasteiger charge is -2.10. The molecule has 0 saturated carbocycles. The second-order valence-electron chi connectivity index (χ2n) is 5.15. The standard InChI is InChI=1S/C18H14OS.BF4/c19-18-16(13-7-3-1-4-8-13)11-15(20)12-17(18)14-9-5-2-6-10-14;2-1(3,4)5/h1-12,19-20H;/q;-1/p+1. The molecule has 0 aliphatic heterocycles. The molecule has 0 aromatic heterocycles. The Morgan fingerprint density at radius 1 is 0.680 bits per heavy atom. The summed E-state index contributed by atoms with van der Waals surface area (Å²) >= 11 is 3.59. The van der Waals surface area contributed by atoms with Crippen molar-refractivity contribution in [2.45, 2.75) is 4.90 Å². The average molecular weight is 366 g/mol. The van der Waals surface area contributed by atoms with Crippen molar-refractivity contribution in [3.63, 3.8) is 0 Å². The van der Waals surface area contributed by atoms with Crippen LogP contribution in [-0.2, 0) is 12.6 Å². The molecule has 0 radical (unpaired) electrons. The molecule has 7 heteroatoms. The van der Waals surface area contributed by atoms with Gasteiger partial charge < -0.3 is 22.4 Å². The van der Waals surface area contributed by atoms with E-state index in [4.69, 9.17) is 0 Å². The topological polar surface area (TPSA) is 20.2 Å². The monoisotopic (exact) mass is 366 g/mol. The van der Waals surface area contributed by atoms with E-state index in [1.807, 2.05) is 72.8 Å². The second-order valence-corrected chi connectivity index (χ2v) is 5.72. The van der Waals surface area contributed by atoms with Crippen molar-refractivity contribution in [1.82, 2.24) is 0 Å². The summed E-state index contributed by atoms with van der Waals surface area (Å²) in [7, 11) is -6.00. The molecule has 0 aliphatic rings. The molecule has 0 spiro atoms. The van der Waals surface area contributed by atoms with E-state index < -0.39 is 7.25 Å². The fraction of sp³-hybridized carbons (Fsp3) is 0. The van der Waals surface area contributed by atoms with Gasteiger partial charge in [-0.25, -0.2) is 0 Å². The third kappa shape index (κ3) is 5.87. The highest BCUT2D eigenvalue weighted by Gasteiger charge is 2.20. The molecule has 1 nitrogen and oxygen atoms in total. The Labute approximate surface area is 148 Å². The van der Waals surface area contributed by atoms with Crippen LogP contribution in [0.5, 0.6) is 5.75 Å². The molecule has 0 unspecified atom stereocenters. The van der Waals surface area contributed by atoms with Gasteiger partial charge in [0.15, 0.2) is 4.90 Å². The number of rotatable bonds is 2. The summed E-state index contributed by atoms with van der Waals surface area (Å²) in [6.07, 6.45) is 0. The predicted molar refractivity (Wildman–Crippen MR) is 97.6 cm³/mol. The molecular weight excluding hydrogens is 351 g/mol. The summed E-state index contributed by atoms with van der Waals surface area (Å²) in [5.74, 6) is 0.310. The molecule has 0 saturated heterocycles. The maximum absolute atomic E-state index is 10.6. The maximum Gasteiger partial charge on any atom is 0.673 e. The van der Waals surface area contributed by atoms with Crippen LogP contribution in [0.15, 0.2) is 77.7 Å². The van der Waals surface area contributed by atoms with Gasteiger partial charge in [0.25, 0.3) is 0 Å². The minimum atomic E-state index is -6.00. The third-order valence-corrected chi connectivity index (χ3v) is 3.57. The van der Waals surface area contributed by atoms with Crippen molar-refractivity contribution in [1.29, 1.82) is 0 Å². The largest absolute Gasteiger partial charge is 0.673 e. The molecule has 0 aliphatic carbocycles. The van der Waals surface area contributed by atoms with Gasteiger partial charge in [-0.2, -0.15) is 0 Å². The zero-order valence-electron chi connectivity index (χ0n) is 13.0. The van der Waals surface area contributed by atoms with Gasteiger partial charge in [0, 0.05) is 23.3 Å². The van der Waals surface area contributed by atoms with Crippen LogP contribution in [0.3, 0.4) is 0 Å². The van der Waals surface area contributed by atoms with Gasteiger partial charge in [-0.15, -0.1) is 0 Å². The van der Waals surface area contributed by atoms with Gasteiger partial charge >= 0.3 is 7.25 Å². The van der Waals surface area contributed by atoms with Gasteiger partial charge in [0.05, 0.1) is 0 Å². The van der Waals surface area contributed by atoms with Crippen molar-refractivity contribution < 1.29 is 22.4 Å². The first kappa shape index (κ1) is 18.9. The minimum absolute atomic E-state index is 0.310. The van der Waals surface area contributed by atoms with Gasteiger partial charge in [-0.1, -0.05) is 60.7 Å². The van der Waals surface area contributed by atoms with E-state index in [1.165, 1.54) is 0 Å². The number of hydrogen-bond donors (Lipinski definition) is 1. The summed E-state index contributed by atoms with van der Waals surface area (Å²) < 4.78 is 39.0. The molecule has 0 heterocycles. The zero-order chi connectivity index (χ0) is 18.4. The molecule has 3 aromatic carbocycles. The average Bonchev–Trinajstić information content (AvgIpc) is 2.57. The first-order valence-corrected chi connectivity index (χ1v) is 7.82. The normalized spacial score (nSPS) is 10.8. The Morgan fingerprint density at radius 2 is 1.00 bits per heavy atom. The molecule has 3 aromatic rings. The van der Waals surface area contributed by atoms with E-state index in [9.17, 15) is 22.4 Å². The highest BCUT2D eigenvalue weighted by molar-refractivity contribution is 7.58. The van der Waals surface area contributed by atoms with Crippen molar-refractivity contribution in [2.75, 3.05) is 0 Å². The quantitative estimate of drug-likeness (QED) is 0.366. The Kier molecular flexibility index (Phi) is 6.14. The van der Waals surface area contributed by atoms with Crippen LogP contribution in [0, 0.1) is 0 Å². The van der Waals surface area contributed by atoms with Crippen molar-refractivity contribution in [3.05, 3.63) is 72.8 Å². The van der Waals surface area contributed by atoms with E-state index in [0.29, 0.717) is 5.75 Å². The van der Waals surface area contributed by atoms with E-state index in [-0.39, 0.29) is 0 Å². The molecule has 130 valence electrons. The van der Waals surface area contributed by atoms with Gasteiger partial charge in [-0.3, -0.25) is 0 Å². The molecular formula is C18H15BF4OS. The lowest BCUT2D eigenvalue weighted by molar-refractivity contribution is 0.368. The van der Waals surface area contributed by atoms with E-state index in [1.54, 1.807) is 0 Å². The van der Waals surface area contributed by atoms with Crippen molar-refractivity contribution in [2.24, 2.45) is 0 Å². The molecule has 1 N–H and O–H groups in total. The molecule has 3 rings (SSSR count). The van der Waals surface area contributed by atoms with Crippen LogP contribution in [0.25, 0.3) is 22.3 Å². The number of phenols is 1. The lowest BCUT2D eigenvalue weighted by Crippen LogP contribution is -2.02. The first-order chi connectivity index (χ1) is 11.8. The number of halogens is 4. The van der Waals surface area contributed by atoms with Crippen LogP contribution in [0.2, 0.25) is 0 Å². The maximum atomic E-state index is 10.6. The summed E-state index contributed by atoms with van der Waals surface area (Å²) in [4.78, 5) is 0.945. The van der Waals surface area contributed by atoms with Crippen LogP contribution >= 0.6 is 0 Å². The van der Waals surface area contributed by atoms with Crippen LogP contribution in [-0.4, -0.2) is 12.4 Å². The van der Waals surface area contributed by atoms with E-state index >= 15 is 0 Å². The molecule has 0 amide bonds. The number of benzene rings is 3. The Morgan fingerprint density at radius 3 is 1.32 bits per heavy atom. The number of aromatic hydroxyl groups is 1. The van der Waals surface area contributed by atoms with Crippen LogP contribution < -0.4 is 0 Å². The fourth-order valence-electron chi connectivity index (χ4n) is 2.31.